The van der Waals surface area contributed by atoms with E-state index in [4.69, 9.17) is 0 Å². The average molecular weight is 383 g/mol. The molecule has 1 aliphatic heterocycles. The fourth-order valence-corrected chi connectivity index (χ4v) is 4.83. The first-order valence-corrected chi connectivity index (χ1v) is 10.9. The molecule has 2 heteroatoms. The Morgan fingerprint density at radius 1 is 0.931 bits per heavy atom. The molecule has 0 bridgehead atoms. The fourth-order valence-electron chi connectivity index (χ4n) is 4.83. The van der Waals surface area contributed by atoms with Gasteiger partial charge >= 0.3 is 0 Å². The molecule has 0 saturated carbocycles. The van der Waals surface area contributed by atoms with Gasteiger partial charge in [0.05, 0.1) is 0 Å². The fraction of sp³-hybridized carbons (Fsp3) is 0.333. The molecule has 5 rings (SSSR count). The summed E-state index contributed by atoms with van der Waals surface area (Å²) in [4.78, 5) is 3.76. The van der Waals surface area contributed by atoms with E-state index in [-0.39, 0.29) is 5.41 Å². The lowest BCUT2D eigenvalue weighted by atomic mass is 9.85. The first-order valence-electron chi connectivity index (χ1n) is 10.9. The quantitative estimate of drug-likeness (QED) is 0.419. The second kappa shape index (κ2) is 7.03. The Morgan fingerprint density at radius 3 is 2.62 bits per heavy atom. The number of aromatic nitrogens is 1. The molecule has 1 aliphatic rings. The van der Waals surface area contributed by atoms with Crippen LogP contribution < -0.4 is 5.32 Å². The summed E-state index contributed by atoms with van der Waals surface area (Å²) in [5.41, 5.74) is 7.24. The van der Waals surface area contributed by atoms with Crippen molar-refractivity contribution >= 4 is 21.7 Å². The van der Waals surface area contributed by atoms with Crippen LogP contribution in [-0.2, 0) is 18.3 Å². The SMILES string of the molecule is CC(C)(C)c1ccc2[nH]c3c(c2c1)CCN[C@H]3CCc1cccc2ccccc12. The zero-order valence-electron chi connectivity index (χ0n) is 17.7. The number of aryl methyl sites for hydroxylation is 1. The summed E-state index contributed by atoms with van der Waals surface area (Å²) in [5, 5.41) is 7.91. The van der Waals surface area contributed by atoms with E-state index in [9.17, 15) is 0 Å². The van der Waals surface area contributed by atoms with Crippen molar-refractivity contribution in [2.24, 2.45) is 0 Å². The van der Waals surface area contributed by atoms with Crippen molar-refractivity contribution in [3.63, 3.8) is 0 Å². The minimum absolute atomic E-state index is 0.180. The molecule has 0 amide bonds. The van der Waals surface area contributed by atoms with Gasteiger partial charge in [-0.15, -0.1) is 0 Å². The summed E-state index contributed by atoms with van der Waals surface area (Å²) in [6.07, 6.45) is 3.30. The van der Waals surface area contributed by atoms with E-state index >= 15 is 0 Å². The largest absolute Gasteiger partial charge is 0.357 e. The van der Waals surface area contributed by atoms with Crippen molar-refractivity contribution in [3.05, 3.63) is 83.0 Å². The summed E-state index contributed by atoms with van der Waals surface area (Å²) >= 11 is 0. The maximum Gasteiger partial charge on any atom is 0.0479 e. The van der Waals surface area contributed by atoms with Crippen LogP contribution in [0.3, 0.4) is 0 Å². The average Bonchev–Trinajstić information content (AvgIpc) is 3.10. The first-order chi connectivity index (χ1) is 14.0. The van der Waals surface area contributed by atoms with Crippen molar-refractivity contribution in [2.45, 2.75) is 51.5 Å². The lowest BCUT2D eigenvalue weighted by Gasteiger charge is -2.25. The van der Waals surface area contributed by atoms with Crippen molar-refractivity contribution < 1.29 is 0 Å². The highest BCUT2D eigenvalue weighted by Crippen LogP contribution is 2.35. The Morgan fingerprint density at radius 2 is 1.76 bits per heavy atom. The van der Waals surface area contributed by atoms with Crippen molar-refractivity contribution in [3.8, 4) is 0 Å². The molecule has 29 heavy (non-hydrogen) atoms. The van der Waals surface area contributed by atoms with E-state index in [1.165, 1.54) is 44.1 Å². The number of H-pyrrole nitrogens is 1. The summed E-state index contributed by atoms with van der Waals surface area (Å²) < 4.78 is 0. The van der Waals surface area contributed by atoms with Gasteiger partial charge in [0.15, 0.2) is 0 Å². The van der Waals surface area contributed by atoms with E-state index in [0.29, 0.717) is 6.04 Å². The van der Waals surface area contributed by atoms with Crippen LogP contribution in [-0.4, -0.2) is 11.5 Å². The van der Waals surface area contributed by atoms with Gasteiger partial charge in [-0.2, -0.15) is 0 Å². The van der Waals surface area contributed by atoms with Crippen LogP contribution in [0.25, 0.3) is 21.7 Å². The molecule has 0 radical (unpaired) electrons. The number of hydrogen-bond donors (Lipinski definition) is 2. The number of rotatable bonds is 3. The second-order valence-corrected chi connectivity index (χ2v) is 9.46. The highest BCUT2D eigenvalue weighted by atomic mass is 15.0. The van der Waals surface area contributed by atoms with Crippen LogP contribution in [0.15, 0.2) is 60.7 Å². The topological polar surface area (TPSA) is 27.8 Å². The summed E-state index contributed by atoms with van der Waals surface area (Å²) in [6, 6.07) is 22.8. The lowest BCUT2D eigenvalue weighted by molar-refractivity contribution is 0.469. The lowest BCUT2D eigenvalue weighted by Crippen LogP contribution is -2.30. The summed E-state index contributed by atoms with van der Waals surface area (Å²) in [5.74, 6) is 0. The van der Waals surface area contributed by atoms with E-state index in [1.54, 1.807) is 0 Å². The van der Waals surface area contributed by atoms with Crippen LogP contribution in [0.1, 0.15) is 55.6 Å². The van der Waals surface area contributed by atoms with Gasteiger partial charge < -0.3 is 10.3 Å². The molecule has 148 valence electrons. The summed E-state index contributed by atoms with van der Waals surface area (Å²) in [7, 11) is 0. The van der Waals surface area contributed by atoms with Crippen LogP contribution in [0.4, 0.5) is 0 Å². The van der Waals surface area contributed by atoms with E-state index in [2.05, 4.69) is 91.7 Å². The third-order valence-corrected chi connectivity index (χ3v) is 6.50. The third-order valence-electron chi connectivity index (χ3n) is 6.50. The Hall–Kier alpha value is -2.58. The molecule has 0 spiro atoms. The van der Waals surface area contributed by atoms with E-state index in [1.807, 2.05) is 0 Å². The standard InChI is InChI=1S/C27H30N2/c1-27(2,3)20-12-14-24-23(17-20)22-15-16-28-25(26(22)29-24)13-11-19-9-6-8-18-7-4-5-10-21(18)19/h4-10,12,14,17,25,28-29H,11,13,15-16H2,1-3H3/t25-/m0/s1. The van der Waals surface area contributed by atoms with E-state index in [0.717, 1.165) is 25.8 Å². The van der Waals surface area contributed by atoms with Crippen LogP contribution in [0, 0.1) is 0 Å². The van der Waals surface area contributed by atoms with Gasteiger partial charge in [0.25, 0.3) is 0 Å². The molecule has 3 aromatic carbocycles. The maximum absolute atomic E-state index is 3.77. The Bertz CT molecular complexity index is 1170. The van der Waals surface area contributed by atoms with Crippen molar-refractivity contribution in [1.82, 2.24) is 10.3 Å². The monoisotopic (exact) mass is 382 g/mol. The molecule has 2 nitrogen and oxygen atoms in total. The van der Waals surface area contributed by atoms with Gasteiger partial charge in [-0.3, -0.25) is 0 Å². The summed E-state index contributed by atoms with van der Waals surface area (Å²) in [6.45, 7) is 7.94. The molecule has 0 unspecified atom stereocenters. The van der Waals surface area contributed by atoms with Gasteiger partial charge in [0, 0.05) is 22.6 Å². The van der Waals surface area contributed by atoms with Gasteiger partial charge in [-0.05, 0) is 70.8 Å². The molecule has 0 saturated heterocycles. The Balaban J connectivity index is 1.46. The number of benzene rings is 3. The molecule has 1 atom stereocenters. The van der Waals surface area contributed by atoms with Crippen molar-refractivity contribution in [1.29, 1.82) is 0 Å². The molecule has 4 aromatic rings. The zero-order valence-corrected chi connectivity index (χ0v) is 17.7. The normalized spacial score (nSPS) is 17.0. The number of hydrogen-bond acceptors (Lipinski definition) is 1. The molecular formula is C27H30N2. The molecule has 2 N–H and O–H groups in total. The van der Waals surface area contributed by atoms with Gasteiger partial charge in [-0.25, -0.2) is 0 Å². The second-order valence-electron chi connectivity index (χ2n) is 9.46. The van der Waals surface area contributed by atoms with Gasteiger partial charge in [0.1, 0.15) is 0 Å². The highest BCUT2D eigenvalue weighted by molar-refractivity contribution is 5.87. The smallest absolute Gasteiger partial charge is 0.0479 e. The minimum atomic E-state index is 0.180. The predicted octanol–water partition coefficient (Wildman–Crippen LogP) is 6.44. The van der Waals surface area contributed by atoms with Crippen molar-refractivity contribution in [2.75, 3.05) is 6.54 Å². The van der Waals surface area contributed by atoms with Gasteiger partial charge in [-0.1, -0.05) is 69.3 Å². The molecule has 0 aliphatic carbocycles. The Kier molecular flexibility index (Phi) is 4.48. The predicted molar refractivity (Wildman–Crippen MR) is 124 cm³/mol. The Labute approximate surface area is 173 Å². The van der Waals surface area contributed by atoms with Crippen LogP contribution in [0.5, 0.6) is 0 Å². The third kappa shape index (κ3) is 3.36. The first kappa shape index (κ1) is 18.4. The number of aromatic amines is 1. The minimum Gasteiger partial charge on any atom is -0.357 e. The van der Waals surface area contributed by atoms with Crippen LogP contribution >= 0.6 is 0 Å². The number of fused-ring (bicyclic) bond motifs is 4. The molecule has 2 heterocycles. The highest BCUT2D eigenvalue weighted by Gasteiger charge is 2.25. The molecule has 0 fully saturated rings. The number of nitrogens with one attached hydrogen (secondary N) is 2. The van der Waals surface area contributed by atoms with Gasteiger partial charge in [0.2, 0.25) is 0 Å². The zero-order chi connectivity index (χ0) is 20.0. The molecular weight excluding hydrogens is 352 g/mol. The van der Waals surface area contributed by atoms with Crippen LogP contribution in [0.2, 0.25) is 0 Å². The molecule has 1 aromatic heterocycles. The van der Waals surface area contributed by atoms with E-state index < -0.39 is 0 Å². The maximum atomic E-state index is 3.77.